The van der Waals surface area contributed by atoms with Crippen molar-refractivity contribution in [3.63, 3.8) is 0 Å². The van der Waals surface area contributed by atoms with Crippen LogP contribution >= 0.6 is 27.5 Å². The zero-order valence-corrected chi connectivity index (χ0v) is 13.8. The highest BCUT2D eigenvalue weighted by atomic mass is 79.9. The van der Waals surface area contributed by atoms with Crippen molar-refractivity contribution in [2.75, 3.05) is 6.54 Å². The Labute approximate surface area is 136 Å². The van der Waals surface area contributed by atoms with Crippen molar-refractivity contribution in [1.29, 1.82) is 0 Å². The van der Waals surface area contributed by atoms with Crippen LogP contribution < -0.4 is 10.1 Å². The maximum Gasteiger partial charge on any atom is 0.238 e. The minimum atomic E-state index is -0.468. The summed E-state index contributed by atoms with van der Waals surface area (Å²) in [4.78, 5) is 4.15. The zero-order valence-electron chi connectivity index (χ0n) is 11.5. The first-order valence-corrected chi connectivity index (χ1v) is 7.75. The van der Waals surface area contributed by atoms with E-state index in [1.165, 1.54) is 12.1 Å². The molecule has 0 amide bonds. The molecule has 0 atom stereocenters. The number of aromatic nitrogens is 1. The van der Waals surface area contributed by atoms with Gasteiger partial charge in [0.25, 0.3) is 0 Å². The second-order valence-corrected chi connectivity index (χ2v) is 5.81. The lowest BCUT2D eigenvalue weighted by Gasteiger charge is -2.09. The Bertz CT molecular complexity index is 625. The lowest BCUT2D eigenvalue weighted by Crippen LogP contribution is -2.13. The highest BCUT2D eigenvalue weighted by Gasteiger charge is 2.10. The van der Waals surface area contributed by atoms with Crippen LogP contribution in [0.3, 0.4) is 0 Å². The second kappa shape index (κ2) is 7.73. The molecule has 2 rings (SSSR count). The number of nitrogens with zero attached hydrogens (tertiary/aromatic N) is 1. The van der Waals surface area contributed by atoms with E-state index in [-0.39, 0.29) is 11.6 Å². The minimum absolute atomic E-state index is 0.0793. The van der Waals surface area contributed by atoms with E-state index in [0.29, 0.717) is 11.6 Å². The molecule has 0 aliphatic rings. The Hall–Kier alpha value is -1.17. The molecule has 21 heavy (non-hydrogen) atoms. The number of hydrogen-bond acceptors (Lipinski definition) is 3. The van der Waals surface area contributed by atoms with Crippen molar-refractivity contribution in [3.8, 4) is 11.6 Å². The van der Waals surface area contributed by atoms with Gasteiger partial charge in [-0.15, -0.1) is 0 Å². The van der Waals surface area contributed by atoms with Crippen molar-refractivity contribution >= 4 is 27.5 Å². The van der Waals surface area contributed by atoms with Crippen molar-refractivity contribution in [3.05, 3.63) is 51.3 Å². The largest absolute Gasteiger partial charge is 0.434 e. The summed E-state index contributed by atoms with van der Waals surface area (Å²) in [5, 5.41) is 3.61. The number of nitrogens with one attached hydrogen (secondary N) is 1. The lowest BCUT2D eigenvalue weighted by molar-refractivity contribution is 0.427. The van der Waals surface area contributed by atoms with Crippen LogP contribution in [0.4, 0.5) is 4.39 Å². The van der Waals surface area contributed by atoms with Crippen LogP contribution in [-0.4, -0.2) is 11.5 Å². The third-order valence-electron chi connectivity index (χ3n) is 2.72. The first-order chi connectivity index (χ1) is 10.1. The standard InChI is InChI=1S/C15H15BrClFN2O/c1-2-5-19-8-10-6-12(17)15(20-9-10)21-14-7-11(16)3-4-13(14)18/h3-4,6-7,9,19H,2,5,8H2,1H3. The van der Waals surface area contributed by atoms with Gasteiger partial charge in [0.1, 0.15) is 5.02 Å². The summed E-state index contributed by atoms with van der Waals surface area (Å²) in [7, 11) is 0. The van der Waals surface area contributed by atoms with Crippen molar-refractivity contribution in [1.82, 2.24) is 10.3 Å². The van der Waals surface area contributed by atoms with Crippen LogP contribution in [0, 0.1) is 5.82 Å². The van der Waals surface area contributed by atoms with Gasteiger partial charge in [-0.2, -0.15) is 0 Å². The molecule has 6 heteroatoms. The van der Waals surface area contributed by atoms with Crippen molar-refractivity contribution < 1.29 is 9.13 Å². The summed E-state index contributed by atoms with van der Waals surface area (Å²) in [6.07, 6.45) is 2.73. The van der Waals surface area contributed by atoms with Crippen molar-refractivity contribution in [2.45, 2.75) is 19.9 Å². The minimum Gasteiger partial charge on any atom is -0.434 e. The van der Waals surface area contributed by atoms with E-state index >= 15 is 0 Å². The molecular weight excluding hydrogens is 359 g/mol. The average molecular weight is 374 g/mol. The molecule has 0 unspecified atom stereocenters. The molecule has 1 heterocycles. The van der Waals surface area contributed by atoms with Gasteiger partial charge in [0.05, 0.1) is 0 Å². The van der Waals surface area contributed by atoms with Crippen LogP contribution in [0.15, 0.2) is 34.9 Å². The van der Waals surface area contributed by atoms with E-state index in [2.05, 4.69) is 33.2 Å². The highest BCUT2D eigenvalue weighted by molar-refractivity contribution is 9.10. The van der Waals surface area contributed by atoms with E-state index in [9.17, 15) is 4.39 Å². The second-order valence-electron chi connectivity index (χ2n) is 4.48. The van der Waals surface area contributed by atoms with E-state index in [1.54, 1.807) is 18.3 Å². The molecule has 0 bridgehead atoms. The molecule has 0 aliphatic heterocycles. The van der Waals surface area contributed by atoms with Gasteiger partial charge >= 0.3 is 0 Å². The number of hydrogen-bond donors (Lipinski definition) is 1. The number of halogens is 3. The molecule has 0 spiro atoms. The molecule has 1 N–H and O–H groups in total. The normalized spacial score (nSPS) is 10.7. The van der Waals surface area contributed by atoms with Gasteiger partial charge in [-0.3, -0.25) is 0 Å². The number of pyridine rings is 1. The summed E-state index contributed by atoms with van der Waals surface area (Å²) in [5.41, 5.74) is 0.954. The van der Waals surface area contributed by atoms with Gasteiger partial charge in [-0.1, -0.05) is 34.5 Å². The number of benzene rings is 1. The fraction of sp³-hybridized carbons (Fsp3) is 0.267. The monoisotopic (exact) mass is 372 g/mol. The topological polar surface area (TPSA) is 34.2 Å². The Morgan fingerprint density at radius 1 is 1.38 bits per heavy atom. The summed E-state index contributed by atoms with van der Waals surface area (Å²) in [5.74, 6) is -0.201. The molecule has 0 saturated carbocycles. The molecule has 3 nitrogen and oxygen atoms in total. The molecule has 1 aromatic heterocycles. The predicted octanol–water partition coefficient (Wildman–Crippen LogP) is 4.93. The van der Waals surface area contributed by atoms with E-state index in [0.717, 1.165) is 23.0 Å². The molecule has 2 aromatic rings. The molecular formula is C15H15BrClFN2O. The van der Waals surface area contributed by atoms with Crippen LogP contribution in [0.1, 0.15) is 18.9 Å². The molecule has 0 fully saturated rings. The van der Waals surface area contributed by atoms with Gasteiger partial charge in [0.2, 0.25) is 5.88 Å². The smallest absolute Gasteiger partial charge is 0.238 e. The highest BCUT2D eigenvalue weighted by Crippen LogP contribution is 2.31. The maximum atomic E-state index is 13.6. The summed E-state index contributed by atoms with van der Waals surface area (Å²) in [6, 6.07) is 6.21. The summed E-state index contributed by atoms with van der Waals surface area (Å²) < 4.78 is 19.8. The number of rotatable bonds is 6. The van der Waals surface area contributed by atoms with Crippen LogP contribution in [-0.2, 0) is 6.54 Å². The van der Waals surface area contributed by atoms with Gasteiger partial charge < -0.3 is 10.1 Å². The SMILES string of the molecule is CCCNCc1cnc(Oc2cc(Br)ccc2F)c(Cl)c1. The van der Waals surface area contributed by atoms with Gasteiger partial charge in [-0.05, 0) is 42.8 Å². The third-order valence-corrected chi connectivity index (χ3v) is 3.48. The maximum absolute atomic E-state index is 13.6. The predicted molar refractivity (Wildman–Crippen MR) is 85.4 cm³/mol. The Balaban J connectivity index is 2.12. The van der Waals surface area contributed by atoms with Crippen LogP contribution in [0.2, 0.25) is 5.02 Å². The Kier molecular flexibility index (Phi) is 5.96. The van der Waals surface area contributed by atoms with Gasteiger partial charge in [0, 0.05) is 17.2 Å². The Morgan fingerprint density at radius 3 is 2.90 bits per heavy atom. The Morgan fingerprint density at radius 2 is 2.19 bits per heavy atom. The summed E-state index contributed by atoms with van der Waals surface area (Å²) >= 11 is 9.40. The third kappa shape index (κ3) is 4.66. The van der Waals surface area contributed by atoms with Gasteiger partial charge in [-0.25, -0.2) is 9.37 Å². The first-order valence-electron chi connectivity index (χ1n) is 6.58. The molecule has 1 aromatic carbocycles. The number of ether oxygens (including phenoxy) is 1. The lowest BCUT2D eigenvalue weighted by atomic mass is 10.3. The van der Waals surface area contributed by atoms with Crippen LogP contribution in [0.25, 0.3) is 0 Å². The quantitative estimate of drug-likeness (QED) is 0.729. The fourth-order valence-corrected chi connectivity index (χ4v) is 2.27. The summed E-state index contributed by atoms with van der Waals surface area (Å²) in [6.45, 7) is 3.72. The molecule has 0 saturated heterocycles. The molecule has 0 aliphatic carbocycles. The van der Waals surface area contributed by atoms with E-state index in [4.69, 9.17) is 16.3 Å². The van der Waals surface area contributed by atoms with E-state index < -0.39 is 5.82 Å². The van der Waals surface area contributed by atoms with Gasteiger partial charge in [0.15, 0.2) is 11.6 Å². The molecule has 0 radical (unpaired) electrons. The first kappa shape index (κ1) is 16.2. The zero-order chi connectivity index (χ0) is 15.2. The van der Waals surface area contributed by atoms with E-state index in [1.807, 2.05) is 0 Å². The van der Waals surface area contributed by atoms with Crippen LogP contribution in [0.5, 0.6) is 11.6 Å². The van der Waals surface area contributed by atoms with Crippen molar-refractivity contribution in [2.24, 2.45) is 0 Å². The fourth-order valence-electron chi connectivity index (χ4n) is 1.71. The molecule has 112 valence electrons. The average Bonchev–Trinajstić information content (AvgIpc) is 2.46.